The molecule has 0 saturated carbocycles. The highest BCUT2D eigenvalue weighted by Crippen LogP contribution is 2.33. The standard InChI is InChI=1S/C26H24ClN3O2/c1-29-17-18-30(2)25(29)26(31,20-11-15-23(32-3)16-12-20)24(19-9-13-21(27)14-10-19)28-22-7-5-4-6-8-22/h4-18H,1-3H3. The molecule has 0 N–H and O–H groups in total. The maximum Gasteiger partial charge on any atom is 0.256 e. The lowest BCUT2D eigenvalue weighted by Crippen LogP contribution is -2.57. The highest BCUT2D eigenvalue weighted by molar-refractivity contribution is 6.30. The number of rotatable bonds is 6. The first-order chi connectivity index (χ1) is 15.4. The van der Waals surface area contributed by atoms with Gasteiger partial charge in [0.05, 0.1) is 38.2 Å². The summed E-state index contributed by atoms with van der Waals surface area (Å²) >= 11 is 6.15. The van der Waals surface area contributed by atoms with Crippen LogP contribution >= 0.6 is 11.6 Å². The average molecular weight is 446 g/mol. The van der Waals surface area contributed by atoms with Gasteiger partial charge in [-0.05, 0) is 47.5 Å². The van der Waals surface area contributed by atoms with Crippen LogP contribution in [0.2, 0.25) is 5.02 Å². The molecular weight excluding hydrogens is 422 g/mol. The Morgan fingerprint density at radius 2 is 1.66 bits per heavy atom. The van der Waals surface area contributed by atoms with Crippen molar-refractivity contribution >= 4 is 23.0 Å². The van der Waals surface area contributed by atoms with E-state index in [1.165, 1.54) is 0 Å². The van der Waals surface area contributed by atoms with Crippen LogP contribution in [0.4, 0.5) is 5.69 Å². The van der Waals surface area contributed by atoms with Crippen LogP contribution in [0, 0.1) is 0 Å². The van der Waals surface area contributed by atoms with E-state index in [0.29, 0.717) is 39.1 Å². The van der Waals surface area contributed by atoms with Crippen LogP contribution in [0.25, 0.3) is 0 Å². The Morgan fingerprint density at radius 3 is 2.22 bits per heavy atom. The smallest absolute Gasteiger partial charge is 0.256 e. The molecule has 1 unspecified atom stereocenters. The number of imidazole rings is 1. The molecule has 0 amide bonds. The second kappa shape index (κ2) is 8.99. The van der Waals surface area contributed by atoms with Crippen LogP contribution in [0.5, 0.6) is 5.75 Å². The Morgan fingerprint density at radius 1 is 1.00 bits per heavy atom. The quantitative estimate of drug-likeness (QED) is 0.333. The molecule has 0 saturated heterocycles. The fourth-order valence-electron chi connectivity index (χ4n) is 3.87. The molecule has 1 heterocycles. The summed E-state index contributed by atoms with van der Waals surface area (Å²) in [6.07, 6.45) is 3.74. The van der Waals surface area contributed by atoms with E-state index in [1.807, 2.05) is 78.1 Å². The number of aryl methyl sites for hydroxylation is 2. The van der Waals surface area contributed by atoms with Gasteiger partial charge in [-0.3, -0.25) is 4.99 Å². The predicted octanol–water partition coefficient (Wildman–Crippen LogP) is 3.94. The van der Waals surface area contributed by atoms with Gasteiger partial charge in [0.1, 0.15) is 18.1 Å². The number of aromatic nitrogens is 2. The SMILES string of the molecule is COc1ccc(C([O-])(C(=Nc2ccccc2)c2ccc(Cl)cc2)c2n(C)cc[n+]2C)cc1. The zero-order valence-corrected chi connectivity index (χ0v) is 19.0. The van der Waals surface area contributed by atoms with Crippen molar-refractivity contribution in [2.24, 2.45) is 19.1 Å². The molecule has 32 heavy (non-hydrogen) atoms. The number of methoxy groups -OCH3 is 1. The molecule has 4 aromatic rings. The second-order valence-electron chi connectivity index (χ2n) is 7.56. The molecule has 0 aliphatic carbocycles. The molecule has 6 heteroatoms. The lowest BCUT2D eigenvalue weighted by Gasteiger charge is -2.39. The number of para-hydroxylation sites is 1. The summed E-state index contributed by atoms with van der Waals surface area (Å²) in [6.45, 7) is 0. The molecule has 162 valence electrons. The Bertz CT molecular complexity index is 1210. The van der Waals surface area contributed by atoms with Gasteiger partial charge >= 0.3 is 0 Å². The summed E-state index contributed by atoms with van der Waals surface area (Å²) in [5, 5.41) is 15.7. The van der Waals surface area contributed by atoms with Crippen LogP contribution < -0.4 is 14.4 Å². The first-order valence-corrected chi connectivity index (χ1v) is 10.6. The highest BCUT2D eigenvalue weighted by atomic mass is 35.5. The molecule has 4 rings (SSSR count). The number of halogens is 1. The molecule has 1 atom stereocenters. The molecule has 0 aliphatic heterocycles. The van der Waals surface area contributed by atoms with Crippen LogP contribution in [-0.2, 0) is 19.7 Å². The third kappa shape index (κ3) is 4.05. The summed E-state index contributed by atoms with van der Waals surface area (Å²) in [7, 11) is 5.34. The summed E-state index contributed by atoms with van der Waals surface area (Å²) in [5.74, 6) is 1.23. The Balaban J connectivity index is 2.05. The molecule has 5 nitrogen and oxygen atoms in total. The molecule has 0 spiro atoms. The van der Waals surface area contributed by atoms with Crippen molar-refractivity contribution in [2.45, 2.75) is 5.60 Å². The van der Waals surface area contributed by atoms with Crippen molar-refractivity contribution in [1.29, 1.82) is 0 Å². The van der Waals surface area contributed by atoms with Crippen molar-refractivity contribution < 1.29 is 14.4 Å². The minimum absolute atomic E-state index is 0.378. The van der Waals surface area contributed by atoms with Crippen LogP contribution in [0.1, 0.15) is 17.0 Å². The Kier molecular flexibility index (Phi) is 6.12. The van der Waals surface area contributed by atoms with E-state index in [-0.39, 0.29) is 0 Å². The first-order valence-electron chi connectivity index (χ1n) is 10.2. The van der Waals surface area contributed by atoms with Gasteiger partial charge in [-0.2, -0.15) is 0 Å². The third-order valence-electron chi connectivity index (χ3n) is 5.44. The van der Waals surface area contributed by atoms with E-state index >= 15 is 5.11 Å². The van der Waals surface area contributed by atoms with E-state index in [9.17, 15) is 0 Å². The molecule has 0 aliphatic rings. The number of hydrogen-bond acceptors (Lipinski definition) is 3. The van der Waals surface area contributed by atoms with Crippen LogP contribution in [-0.4, -0.2) is 17.4 Å². The zero-order chi connectivity index (χ0) is 22.7. The highest BCUT2D eigenvalue weighted by Gasteiger charge is 2.38. The fourth-order valence-corrected chi connectivity index (χ4v) is 4.00. The van der Waals surface area contributed by atoms with E-state index in [0.717, 1.165) is 0 Å². The van der Waals surface area contributed by atoms with Gasteiger partial charge in [-0.25, -0.2) is 9.13 Å². The molecule has 0 fully saturated rings. The average Bonchev–Trinajstić information content (AvgIpc) is 3.17. The zero-order valence-electron chi connectivity index (χ0n) is 18.2. The molecule has 0 bridgehead atoms. The van der Waals surface area contributed by atoms with Gasteiger partial charge in [0, 0.05) is 5.02 Å². The number of benzene rings is 3. The van der Waals surface area contributed by atoms with Crippen molar-refractivity contribution in [3.8, 4) is 5.75 Å². The topological polar surface area (TPSA) is 53.5 Å². The van der Waals surface area contributed by atoms with Crippen molar-refractivity contribution in [1.82, 2.24) is 4.57 Å². The molecular formula is C26H24ClN3O2. The van der Waals surface area contributed by atoms with Gasteiger partial charge in [0.2, 0.25) is 0 Å². The monoisotopic (exact) mass is 445 g/mol. The lowest BCUT2D eigenvalue weighted by molar-refractivity contribution is -0.696. The summed E-state index contributed by atoms with van der Waals surface area (Å²) in [6, 6.07) is 23.9. The van der Waals surface area contributed by atoms with Crippen LogP contribution in [0.3, 0.4) is 0 Å². The number of nitrogens with zero attached hydrogens (tertiary/aromatic N) is 3. The maximum absolute atomic E-state index is 15.2. The van der Waals surface area contributed by atoms with Gasteiger partial charge in [-0.15, -0.1) is 0 Å². The minimum Gasteiger partial charge on any atom is -0.832 e. The predicted molar refractivity (Wildman–Crippen MR) is 124 cm³/mol. The third-order valence-corrected chi connectivity index (χ3v) is 5.69. The minimum atomic E-state index is -1.82. The van der Waals surface area contributed by atoms with E-state index in [4.69, 9.17) is 21.3 Å². The van der Waals surface area contributed by atoms with Gasteiger partial charge in [0.25, 0.3) is 5.82 Å². The van der Waals surface area contributed by atoms with E-state index in [2.05, 4.69) is 0 Å². The number of hydrogen-bond donors (Lipinski definition) is 0. The largest absolute Gasteiger partial charge is 0.832 e. The summed E-state index contributed by atoms with van der Waals surface area (Å²) in [4.78, 5) is 4.89. The first kappa shape index (κ1) is 21.8. The van der Waals surface area contributed by atoms with E-state index in [1.54, 1.807) is 43.5 Å². The van der Waals surface area contributed by atoms with Crippen molar-refractivity contribution in [2.75, 3.05) is 7.11 Å². The van der Waals surface area contributed by atoms with Gasteiger partial charge in [0.15, 0.2) is 0 Å². The van der Waals surface area contributed by atoms with Crippen LogP contribution in [0.15, 0.2) is 96.2 Å². The number of ether oxygens (including phenoxy) is 1. The summed E-state index contributed by atoms with van der Waals surface area (Å²) in [5.41, 5.74) is 0.514. The Labute approximate surface area is 192 Å². The molecule has 1 aromatic heterocycles. The second-order valence-corrected chi connectivity index (χ2v) is 7.99. The normalized spacial score (nSPS) is 13.6. The van der Waals surface area contributed by atoms with Crippen molar-refractivity contribution in [3.05, 3.63) is 113 Å². The molecule has 0 radical (unpaired) electrons. The fraction of sp³-hybridized carbons (Fsp3) is 0.154. The van der Waals surface area contributed by atoms with Gasteiger partial charge in [-0.1, -0.05) is 54.1 Å². The van der Waals surface area contributed by atoms with Gasteiger partial charge < -0.3 is 9.84 Å². The van der Waals surface area contributed by atoms with Crippen molar-refractivity contribution in [3.63, 3.8) is 0 Å². The number of aliphatic imine (C=N–C) groups is 1. The molecule has 3 aromatic carbocycles. The van der Waals surface area contributed by atoms with E-state index < -0.39 is 5.60 Å². The lowest BCUT2D eigenvalue weighted by atomic mass is 9.83. The Hall–Kier alpha value is -3.41. The summed E-state index contributed by atoms with van der Waals surface area (Å²) < 4.78 is 9.00. The maximum atomic E-state index is 15.2.